The van der Waals surface area contributed by atoms with E-state index in [4.69, 9.17) is 34.2 Å². The molecular weight excluding hydrogens is 869 g/mol. The highest BCUT2D eigenvalue weighted by Crippen LogP contribution is 2.37. The van der Waals surface area contributed by atoms with Gasteiger partial charge in [0.25, 0.3) is 17.5 Å². The molecule has 2 aliphatic rings. The summed E-state index contributed by atoms with van der Waals surface area (Å²) in [7, 11) is 6.29. The molecule has 2 saturated heterocycles. The topological polar surface area (TPSA) is 172 Å². The van der Waals surface area contributed by atoms with E-state index in [-0.39, 0.29) is 35.3 Å². The van der Waals surface area contributed by atoms with Crippen LogP contribution in [0.2, 0.25) is 0 Å². The third kappa shape index (κ3) is 11.4. The fraction of sp³-hybridized carbons (Fsp3) is 0.269. The molecule has 8 rings (SSSR count). The maximum Gasteiger partial charge on any atom is 0.286 e. The normalized spacial score (nSPS) is 13.4. The number of piperazine rings is 2. The third-order valence-corrected chi connectivity index (χ3v) is 11.7. The summed E-state index contributed by atoms with van der Waals surface area (Å²) in [4.78, 5) is 45.7. The van der Waals surface area contributed by atoms with Crippen molar-refractivity contribution in [2.75, 3.05) is 96.3 Å². The number of hydrogen-bond donors (Lipinski definition) is 1. The van der Waals surface area contributed by atoms with Gasteiger partial charge in [0.15, 0.2) is 23.0 Å². The third-order valence-electron chi connectivity index (χ3n) is 11.7. The van der Waals surface area contributed by atoms with Gasteiger partial charge in [-0.15, -0.1) is 0 Å². The highest BCUT2D eigenvalue weighted by molar-refractivity contribution is 6.00. The van der Waals surface area contributed by atoms with Crippen LogP contribution in [0.4, 0.5) is 22.7 Å². The molecule has 2 amide bonds. The second-order valence-corrected chi connectivity index (χ2v) is 15.8. The number of ether oxygens (including phenoxy) is 6. The van der Waals surface area contributed by atoms with Gasteiger partial charge in [-0.3, -0.25) is 19.7 Å². The summed E-state index contributed by atoms with van der Waals surface area (Å²) < 4.78 is 33.5. The van der Waals surface area contributed by atoms with Gasteiger partial charge in [0.2, 0.25) is 0 Å². The fourth-order valence-corrected chi connectivity index (χ4v) is 8.07. The van der Waals surface area contributed by atoms with Gasteiger partial charge in [0.1, 0.15) is 30.3 Å². The van der Waals surface area contributed by atoms with Gasteiger partial charge in [0, 0.05) is 70.2 Å². The smallest absolute Gasteiger partial charge is 0.286 e. The number of amides is 2. The molecule has 0 atom stereocenters. The van der Waals surface area contributed by atoms with Crippen LogP contribution in [0, 0.1) is 10.1 Å². The van der Waals surface area contributed by atoms with Crippen molar-refractivity contribution in [1.29, 1.82) is 0 Å². The van der Waals surface area contributed by atoms with Crippen LogP contribution in [-0.4, -0.2) is 107 Å². The Hall–Kier alpha value is -8.14. The standard InChI is InChI=1S/C26H27N3O6.C26H29N3O4/c1-33-23-11-7-6-10-21(23)27-12-14-28(15-13-27)26(30)20-16-24(34-2)25(17-22(20)29(31)32)35-18-19-8-4-3-5-9-19;1-31-23-11-7-6-10-22(23)28-12-14-29(15-13-28)26(30)20-16-24(32-2)25(17-21(20)27)33-18-19-8-4-3-5-9-19/h3-11,16-17H,12-15,18H2,1-2H3;3-11,16-17H,12-15,18,27H2,1-2H3. The van der Waals surface area contributed by atoms with E-state index in [1.165, 1.54) is 19.2 Å². The average Bonchev–Trinajstić information content (AvgIpc) is 3.39. The molecule has 2 heterocycles. The molecule has 68 heavy (non-hydrogen) atoms. The summed E-state index contributed by atoms with van der Waals surface area (Å²) in [5, 5.41) is 11.9. The number of benzene rings is 6. The van der Waals surface area contributed by atoms with Gasteiger partial charge in [-0.25, -0.2) is 0 Å². The van der Waals surface area contributed by atoms with Crippen LogP contribution in [0.25, 0.3) is 0 Å². The molecule has 0 aliphatic carbocycles. The van der Waals surface area contributed by atoms with Crippen LogP contribution in [0.5, 0.6) is 34.5 Å². The molecule has 16 heteroatoms. The zero-order valence-electron chi connectivity index (χ0n) is 38.7. The predicted molar refractivity (Wildman–Crippen MR) is 261 cm³/mol. The lowest BCUT2D eigenvalue weighted by Crippen LogP contribution is -2.49. The quantitative estimate of drug-likeness (QED) is 0.0598. The van der Waals surface area contributed by atoms with Crippen molar-refractivity contribution >= 4 is 34.6 Å². The highest BCUT2D eigenvalue weighted by Gasteiger charge is 2.31. The maximum absolute atomic E-state index is 13.3. The maximum atomic E-state index is 13.3. The van der Waals surface area contributed by atoms with Crippen LogP contribution in [0.15, 0.2) is 133 Å². The Morgan fingerprint density at radius 2 is 0.882 bits per heavy atom. The first kappa shape index (κ1) is 47.8. The van der Waals surface area contributed by atoms with Gasteiger partial charge in [0.05, 0.1) is 56.4 Å². The molecule has 6 aromatic carbocycles. The molecule has 16 nitrogen and oxygen atoms in total. The number of nitro benzene ring substituents is 1. The first-order valence-electron chi connectivity index (χ1n) is 22.1. The Kier molecular flexibility index (Phi) is 16.1. The number of rotatable bonds is 15. The van der Waals surface area contributed by atoms with E-state index in [0.29, 0.717) is 81.7 Å². The van der Waals surface area contributed by atoms with E-state index in [9.17, 15) is 19.7 Å². The minimum absolute atomic E-state index is 0.0235. The summed E-state index contributed by atoms with van der Waals surface area (Å²) in [5.41, 5.74) is 10.7. The molecule has 0 unspecified atom stereocenters. The molecule has 0 bridgehead atoms. The number of carbonyl (C=O) groups is 2. The van der Waals surface area contributed by atoms with Crippen molar-refractivity contribution in [3.63, 3.8) is 0 Å². The Labute approximate surface area is 396 Å². The molecular formula is C52H56N6O10. The number of carbonyl (C=O) groups excluding carboxylic acids is 2. The summed E-state index contributed by atoms with van der Waals surface area (Å²) >= 11 is 0. The van der Waals surface area contributed by atoms with Crippen molar-refractivity contribution in [3.8, 4) is 34.5 Å². The SMILES string of the molecule is COc1cc(C(=O)N2CCN(c3ccccc3OC)CC2)c(N)cc1OCc1ccccc1.COc1cc(C(=O)N2CCN(c3ccccc3OC)CC2)c([N+](=O)[O-])cc1OCc1ccccc1. The second-order valence-electron chi connectivity index (χ2n) is 15.8. The van der Waals surface area contributed by atoms with E-state index in [1.54, 1.807) is 38.4 Å². The van der Waals surface area contributed by atoms with E-state index < -0.39 is 10.8 Å². The monoisotopic (exact) mass is 924 g/mol. The lowest BCUT2D eigenvalue weighted by Gasteiger charge is -2.36. The van der Waals surface area contributed by atoms with E-state index in [1.807, 2.05) is 114 Å². The summed E-state index contributed by atoms with van der Waals surface area (Å²) in [6.07, 6.45) is 0. The van der Waals surface area contributed by atoms with Crippen molar-refractivity contribution in [1.82, 2.24) is 9.80 Å². The lowest BCUT2D eigenvalue weighted by molar-refractivity contribution is -0.385. The minimum Gasteiger partial charge on any atom is -0.495 e. The van der Waals surface area contributed by atoms with Gasteiger partial charge in [-0.2, -0.15) is 0 Å². The van der Waals surface area contributed by atoms with Crippen LogP contribution < -0.4 is 44.0 Å². The number of hydrogen-bond acceptors (Lipinski definition) is 13. The number of para-hydroxylation sites is 4. The number of nitrogens with two attached hydrogens (primary N) is 1. The summed E-state index contributed by atoms with van der Waals surface area (Å²) in [6, 6.07) is 40.9. The van der Waals surface area contributed by atoms with E-state index >= 15 is 0 Å². The average molecular weight is 925 g/mol. The second kappa shape index (κ2) is 22.9. The molecule has 354 valence electrons. The molecule has 0 radical (unpaired) electrons. The Bertz CT molecular complexity index is 2650. The molecule has 2 fully saturated rings. The largest absolute Gasteiger partial charge is 0.495 e. The fourth-order valence-electron chi connectivity index (χ4n) is 8.07. The number of nitrogens with zero attached hydrogens (tertiary/aromatic N) is 5. The first-order valence-corrected chi connectivity index (χ1v) is 22.1. The van der Waals surface area contributed by atoms with Crippen LogP contribution in [0.3, 0.4) is 0 Å². The molecule has 0 spiro atoms. The number of nitro groups is 1. The molecule has 0 saturated carbocycles. The van der Waals surface area contributed by atoms with Crippen LogP contribution >= 0.6 is 0 Å². The highest BCUT2D eigenvalue weighted by atomic mass is 16.6. The van der Waals surface area contributed by atoms with Gasteiger partial charge >= 0.3 is 0 Å². The van der Waals surface area contributed by atoms with E-state index in [2.05, 4.69) is 9.80 Å². The molecule has 6 aromatic rings. The minimum atomic E-state index is -0.562. The number of methoxy groups -OCH3 is 4. The Balaban J connectivity index is 0.000000202. The van der Waals surface area contributed by atoms with Crippen LogP contribution in [0.1, 0.15) is 31.8 Å². The van der Waals surface area contributed by atoms with Crippen molar-refractivity contribution in [3.05, 3.63) is 166 Å². The molecule has 0 aromatic heterocycles. The Morgan fingerprint density at radius 3 is 1.31 bits per heavy atom. The lowest BCUT2D eigenvalue weighted by atomic mass is 10.1. The zero-order valence-corrected chi connectivity index (χ0v) is 38.7. The summed E-state index contributed by atoms with van der Waals surface area (Å²) in [5.74, 6) is 2.54. The van der Waals surface area contributed by atoms with Crippen LogP contribution in [-0.2, 0) is 13.2 Å². The number of anilines is 3. The predicted octanol–water partition coefficient (Wildman–Crippen LogP) is 7.98. The zero-order chi connectivity index (χ0) is 48.0. The van der Waals surface area contributed by atoms with Crippen molar-refractivity contribution in [2.24, 2.45) is 0 Å². The number of nitrogen functional groups attached to an aromatic ring is 1. The van der Waals surface area contributed by atoms with Crippen molar-refractivity contribution < 1.29 is 42.9 Å². The summed E-state index contributed by atoms with van der Waals surface area (Å²) in [6.45, 7) is 5.19. The Morgan fingerprint density at radius 1 is 0.500 bits per heavy atom. The van der Waals surface area contributed by atoms with Gasteiger partial charge in [-0.1, -0.05) is 84.9 Å². The first-order chi connectivity index (χ1) is 33.1. The molecule has 2 aliphatic heterocycles. The van der Waals surface area contributed by atoms with Gasteiger partial charge in [-0.05, 0) is 41.5 Å². The van der Waals surface area contributed by atoms with E-state index in [0.717, 1.165) is 34.0 Å². The van der Waals surface area contributed by atoms with Crippen molar-refractivity contribution in [2.45, 2.75) is 13.2 Å². The van der Waals surface area contributed by atoms with Gasteiger partial charge < -0.3 is 53.8 Å². The molecule has 2 N–H and O–H groups in total.